The molecule has 2 fully saturated rings. The van der Waals surface area contributed by atoms with Crippen molar-refractivity contribution < 1.29 is 9.53 Å². The zero-order valence-electron chi connectivity index (χ0n) is 9.24. The molecule has 1 N–H and O–H groups in total. The van der Waals surface area contributed by atoms with Crippen LogP contribution in [0.25, 0.3) is 0 Å². The lowest BCUT2D eigenvalue weighted by atomic mass is 10.1. The first-order valence-corrected chi connectivity index (χ1v) is 5.52. The first-order chi connectivity index (χ1) is 7.31. The molecular weight excluding hydrogens is 194 g/mol. The molecule has 86 valence electrons. The summed E-state index contributed by atoms with van der Waals surface area (Å²) in [6, 6.07) is 0.358. The van der Waals surface area contributed by atoms with Crippen molar-refractivity contribution in [1.29, 1.82) is 0 Å². The molecule has 0 spiro atoms. The molecule has 2 rings (SSSR count). The van der Waals surface area contributed by atoms with Crippen LogP contribution in [0.5, 0.6) is 0 Å². The molecule has 2 aliphatic rings. The number of piperazine rings is 2. The van der Waals surface area contributed by atoms with E-state index in [-0.39, 0.29) is 5.91 Å². The van der Waals surface area contributed by atoms with Gasteiger partial charge in [0.15, 0.2) is 0 Å². The lowest BCUT2D eigenvalue weighted by Crippen LogP contribution is -2.63. The molecule has 0 aromatic carbocycles. The van der Waals surface area contributed by atoms with E-state index < -0.39 is 0 Å². The molecule has 1 atom stereocenters. The van der Waals surface area contributed by atoms with Crippen LogP contribution in [0.2, 0.25) is 0 Å². The number of nitrogens with one attached hydrogen (secondary N) is 1. The molecule has 2 heterocycles. The standard InChI is InChI=1S/C10H19N3O2/c1-15-5-4-12-7-9-6-11-2-3-13(9)10(14)8-12/h9,11H,2-8H2,1H3. The van der Waals surface area contributed by atoms with Gasteiger partial charge in [-0.15, -0.1) is 0 Å². The van der Waals surface area contributed by atoms with E-state index in [1.54, 1.807) is 7.11 Å². The summed E-state index contributed by atoms with van der Waals surface area (Å²) in [7, 11) is 1.69. The maximum absolute atomic E-state index is 11.8. The fourth-order valence-electron chi connectivity index (χ4n) is 2.29. The quantitative estimate of drug-likeness (QED) is 0.636. The molecule has 1 amide bonds. The van der Waals surface area contributed by atoms with Crippen molar-refractivity contribution in [3.63, 3.8) is 0 Å². The molecule has 2 aliphatic heterocycles. The monoisotopic (exact) mass is 213 g/mol. The van der Waals surface area contributed by atoms with Gasteiger partial charge in [0, 0.05) is 39.8 Å². The van der Waals surface area contributed by atoms with Crippen LogP contribution < -0.4 is 5.32 Å². The third kappa shape index (κ3) is 2.48. The number of amides is 1. The van der Waals surface area contributed by atoms with Crippen molar-refractivity contribution in [2.45, 2.75) is 6.04 Å². The topological polar surface area (TPSA) is 44.8 Å². The Labute approximate surface area is 90.4 Å². The van der Waals surface area contributed by atoms with Gasteiger partial charge in [-0.3, -0.25) is 9.69 Å². The Morgan fingerprint density at radius 3 is 3.27 bits per heavy atom. The maximum Gasteiger partial charge on any atom is 0.237 e. The Balaban J connectivity index is 1.90. The molecule has 0 aromatic heterocycles. The molecule has 0 radical (unpaired) electrons. The van der Waals surface area contributed by atoms with Gasteiger partial charge >= 0.3 is 0 Å². The number of hydrogen-bond acceptors (Lipinski definition) is 4. The largest absolute Gasteiger partial charge is 0.383 e. The molecule has 2 saturated heterocycles. The smallest absolute Gasteiger partial charge is 0.237 e. The van der Waals surface area contributed by atoms with Crippen LogP contribution in [-0.4, -0.2) is 74.7 Å². The number of carbonyl (C=O) groups excluding carboxylic acids is 1. The van der Waals surface area contributed by atoms with Gasteiger partial charge in [0.05, 0.1) is 19.2 Å². The van der Waals surface area contributed by atoms with E-state index in [0.717, 1.165) is 32.7 Å². The van der Waals surface area contributed by atoms with Gasteiger partial charge in [-0.05, 0) is 0 Å². The summed E-state index contributed by atoms with van der Waals surface area (Å²) in [4.78, 5) is 16.0. The summed E-state index contributed by atoms with van der Waals surface area (Å²) in [5, 5.41) is 3.33. The van der Waals surface area contributed by atoms with E-state index in [1.165, 1.54) is 0 Å². The highest BCUT2D eigenvalue weighted by molar-refractivity contribution is 5.79. The number of fused-ring (bicyclic) bond motifs is 1. The van der Waals surface area contributed by atoms with Gasteiger partial charge in [-0.1, -0.05) is 0 Å². The Hall–Kier alpha value is -0.650. The van der Waals surface area contributed by atoms with Crippen molar-refractivity contribution in [3.8, 4) is 0 Å². The van der Waals surface area contributed by atoms with Crippen LogP contribution in [-0.2, 0) is 9.53 Å². The van der Waals surface area contributed by atoms with Crippen LogP contribution >= 0.6 is 0 Å². The number of methoxy groups -OCH3 is 1. The summed E-state index contributed by atoms with van der Waals surface area (Å²) in [5.74, 6) is 0.267. The average Bonchev–Trinajstić information content (AvgIpc) is 2.26. The molecule has 5 nitrogen and oxygen atoms in total. The normalized spacial score (nSPS) is 27.9. The van der Waals surface area contributed by atoms with Gasteiger partial charge < -0.3 is 15.0 Å². The van der Waals surface area contributed by atoms with Crippen molar-refractivity contribution in [2.24, 2.45) is 0 Å². The molecular formula is C10H19N3O2. The molecule has 0 aliphatic carbocycles. The van der Waals surface area contributed by atoms with Crippen molar-refractivity contribution in [2.75, 3.05) is 53.0 Å². The molecule has 15 heavy (non-hydrogen) atoms. The van der Waals surface area contributed by atoms with Crippen LogP contribution in [0.3, 0.4) is 0 Å². The first kappa shape index (κ1) is 10.9. The van der Waals surface area contributed by atoms with Gasteiger partial charge in [-0.2, -0.15) is 0 Å². The number of carbonyl (C=O) groups is 1. The minimum atomic E-state index is 0.267. The molecule has 0 saturated carbocycles. The average molecular weight is 213 g/mol. The SMILES string of the molecule is COCCN1CC(=O)N2CCNCC2C1. The third-order valence-corrected chi connectivity index (χ3v) is 3.11. The van der Waals surface area contributed by atoms with Crippen LogP contribution in [0.4, 0.5) is 0 Å². The Kier molecular flexibility index (Phi) is 3.56. The number of rotatable bonds is 3. The molecule has 0 aromatic rings. The van der Waals surface area contributed by atoms with Gasteiger partial charge in [0.2, 0.25) is 5.91 Å². The van der Waals surface area contributed by atoms with E-state index >= 15 is 0 Å². The zero-order chi connectivity index (χ0) is 10.7. The van der Waals surface area contributed by atoms with E-state index in [4.69, 9.17) is 4.74 Å². The summed E-state index contributed by atoms with van der Waals surface area (Å²) in [5.41, 5.74) is 0. The van der Waals surface area contributed by atoms with E-state index in [9.17, 15) is 4.79 Å². The maximum atomic E-state index is 11.8. The van der Waals surface area contributed by atoms with E-state index in [1.807, 2.05) is 4.90 Å². The first-order valence-electron chi connectivity index (χ1n) is 5.52. The Bertz CT molecular complexity index is 235. The highest BCUT2D eigenvalue weighted by Gasteiger charge is 2.33. The van der Waals surface area contributed by atoms with Gasteiger partial charge in [0.1, 0.15) is 0 Å². The van der Waals surface area contributed by atoms with E-state index in [0.29, 0.717) is 19.2 Å². The molecule has 0 bridgehead atoms. The summed E-state index contributed by atoms with van der Waals surface area (Å²) < 4.78 is 5.03. The van der Waals surface area contributed by atoms with Crippen LogP contribution in [0, 0.1) is 0 Å². The lowest BCUT2D eigenvalue weighted by molar-refractivity contribution is -0.141. The van der Waals surface area contributed by atoms with Crippen molar-refractivity contribution in [1.82, 2.24) is 15.1 Å². The number of nitrogens with zero attached hydrogens (tertiary/aromatic N) is 2. The number of ether oxygens (including phenoxy) is 1. The second kappa shape index (κ2) is 4.92. The zero-order valence-corrected chi connectivity index (χ0v) is 9.24. The lowest BCUT2D eigenvalue weighted by Gasteiger charge is -2.43. The highest BCUT2D eigenvalue weighted by atomic mass is 16.5. The predicted molar refractivity (Wildman–Crippen MR) is 56.7 cm³/mol. The fraction of sp³-hybridized carbons (Fsp3) is 0.900. The van der Waals surface area contributed by atoms with Crippen LogP contribution in [0.15, 0.2) is 0 Å². The fourth-order valence-corrected chi connectivity index (χ4v) is 2.29. The molecule has 1 unspecified atom stereocenters. The van der Waals surface area contributed by atoms with E-state index in [2.05, 4.69) is 10.2 Å². The van der Waals surface area contributed by atoms with Crippen molar-refractivity contribution in [3.05, 3.63) is 0 Å². The minimum absolute atomic E-state index is 0.267. The number of hydrogen-bond donors (Lipinski definition) is 1. The summed E-state index contributed by atoms with van der Waals surface area (Å²) in [6.07, 6.45) is 0. The highest BCUT2D eigenvalue weighted by Crippen LogP contribution is 2.12. The second-order valence-electron chi connectivity index (χ2n) is 4.17. The summed E-state index contributed by atoms with van der Waals surface area (Å²) >= 11 is 0. The minimum Gasteiger partial charge on any atom is -0.383 e. The van der Waals surface area contributed by atoms with Crippen molar-refractivity contribution >= 4 is 5.91 Å². The van der Waals surface area contributed by atoms with Gasteiger partial charge in [-0.25, -0.2) is 0 Å². The Morgan fingerprint density at radius 1 is 1.60 bits per heavy atom. The second-order valence-corrected chi connectivity index (χ2v) is 4.17. The third-order valence-electron chi connectivity index (χ3n) is 3.11. The predicted octanol–water partition coefficient (Wildman–Crippen LogP) is -1.25. The summed E-state index contributed by atoms with van der Waals surface area (Å²) in [6.45, 7) is 5.80. The van der Waals surface area contributed by atoms with Gasteiger partial charge in [0.25, 0.3) is 0 Å². The molecule has 5 heteroatoms. The van der Waals surface area contributed by atoms with Crippen LogP contribution in [0.1, 0.15) is 0 Å². The Morgan fingerprint density at radius 2 is 2.47 bits per heavy atom.